The molecule has 9 heteroatoms. The van der Waals surface area contributed by atoms with E-state index in [2.05, 4.69) is 10.3 Å². The van der Waals surface area contributed by atoms with Gasteiger partial charge in [-0.05, 0) is 36.4 Å². The summed E-state index contributed by atoms with van der Waals surface area (Å²) in [7, 11) is 2.88. The van der Waals surface area contributed by atoms with Gasteiger partial charge in [0.1, 0.15) is 11.6 Å². The SMILES string of the molecule is Cn1cc(/C=C/C(=O)Nc2ccc(Oc3ccc(F)cc3)nc2)c(=O)n(C)c1=O. The van der Waals surface area contributed by atoms with E-state index in [-0.39, 0.29) is 17.3 Å². The summed E-state index contributed by atoms with van der Waals surface area (Å²) in [6.45, 7) is 0. The van der Waals surface area contributed by atoms with Gasteiger partial charge >= 0.3 is 5.69 Å². The van der Waals surface area contributed by atoms with Crippen molar-refractivity contribution in [1.29, 1.82) is 0 Å². The van der Waals surface area contributed by atoms with Crippen molar-refractivity contribution in [3.05, 3.63) is 87.1 Å². The van der Waals surface area contributed by atoms with E-state index in [1.54, 1.807) is 12.1 Å². The molecule has 0 spiro atoms. The second kappa shape index (κ2) is 8.34. The zero-order chi connectivity index (χ0) is 21.0. The number of ether oxygens (including phenoxy) is 1. The minimum absolute atomic E-state index is 0.200. The Morgan fingerprint density at radius 3 is 2.52 bits per heavy atom. The molecule has 1 amide bonds. The maximum absolute atomic E-state index is 12.9. The zero-order valence-corrected chi connectivity index (χ0v) is 15.6. The number of nitrogens with zero attached hydrogens (tertiary/aromatic N) is 3. The Morgan fingerprint density at radius 1 is 1.14 bits per heavy atom. The van der Waals surface area contributed by atoms with Gasteiger partial charge in [-0.2, -0.15) is 0 Å². The number of nitrogens with one attached hydrogen (secondary N) is 1. The molecular weight excluding hydrogens is 379 g/mol. The summed E-state index contributed by atoms with van der Waals surface area (Å²) in [4.78, 5) is 39.8. The van der Waals surface area contributed by atoms with Gasteiger partial charge in [0.2, 0.25) is 11.8 Å². The van der Waals surface area contributed by atoms with Crippen molar-refractivity contribution in [2.24, 2.45) is 14.1 Å². The van der Waals surface area contributed by atoms with Gasteiger partial charge < -0.3 is 14.6 Å². The summed E-state index contributed by atoms with van der Waals surface area (Å²) >= 11 is 0. The molecule has 0 aliphatic carbocycles. The number of anilines is 1. The van der Waals surface area contributed by atoms with Crippen LogP contribution in [0.25, 0.3) is 6.08 Å². The Morgan fingerprint density at radius 2 is 1.86 bits per heavy atom. The van der Waals surface area contributed by atoms with Gasteiger partial charge in [-0.3, -0.25) is 14.2 Å². The highest BCUT2D eigenvalue weighted by atomic mass is 19.1. The van der Waals surface area contributed by atoms with Crippen molar-refractivity contribution in [3.63, 3.8) is 0 Å². The fraction of sp³-hybridized carbons (Fsp3) is 0.100. The van der Waals surface area contributed by atoms with E-state index in [9.17, 15) is 18.8 Å². The van der Waals surface area contributed by atoms with E-state index in [1.807, 2.05) is 0 Å². The number of pyridine rings is 1. The lowest BCUT2D eigenvalue weighted by Gasteiger charge is -2.06. The fourth-order valence-electron chi connectivity index (χ4n) is 2.44. The van der Waals surface area contributed by atoms with Crippen molar-refractivity contribution in [3.8, 4) is 11.6 Å². The molecule has 3 rings (SSSR count). The third kappa shape index (κ3) is 4.83. The van der Waals surface area contributed by atoms with Gasteiger partial charge in [0, 0.05) is 32.4 Å². The molecule has 0 unspecified atom stereocenters. The van der Waals surface area contributed by atoms with Crippen LogP contribution in [0, 0.1) is 5.82 Å². The topological polar surface area (TPSA) is 95.2 Å². The Labute approximate surface area is 164 Å². The normalized spacial score (nSPS) is 10.9. The van der Waals surface area contributed by atoms with Crippen molar-refractivity contribution < 1.29 is 13.9 Å². The minimum atomic E-state index is -0.499. The van der Waals surface area contributed by atoms with Crippen LogP contribution in [0.3, 0.4) is 0 Å². The van der Waals surface area contributed by atoms with E-state index in [4.69, 9.17) is 4.74 Å². The summed E-state index contributed by atoms with van der Waals surface area (Å²) in [5.74, 6) is -0.141. The number of halogens is 1. The van der Waals surface area contributed by atoms with Crippen LogP contribution in [-0.2, 0) is 18.9 Å². The smallest absolute Gasteiger partial charge is 0.330 e. The molecular formula is C20H17FN4O4. The van der Waals surface area contributed by atoms with E-state index in [0.717, 1.165) is 4.57 Å². The minimum Gasteiger partial charge on any atom is -0.439 e. The molecule has 0 atom stereocenters. The second-order valence-corrected chi connectivity index (χ2v) is 6.11. The molecule has 148 valence electrons. The number of carbonyl (C=O) groups is 1. The molecule has 2 heterocycles. The Bertz CT molecular complexity index is 1180. The molecule has 0 aliphatic rings. The van der Waals surface area contributed by atoms with Crippen molar-refractivity contribution in [2.45, 2.75) is 0 Å². The third-order valence-corrected chi connectivity index (χ3v) is 3.93. The van der Waals surface area contributed by atoms with E-state index < -0.39 is 17.2 Å². The van der Waals surface area contributed by atoms with Gasteiger partial charge in [-0.15, -0.1) is 0 Å². The molecule has 3 aromatic rings. The van der Waals surface area contributed by atoms with Crippen molar-refractivity contribution >= 4 is 17.7 Å². The zero-order valence-electron chi connectivity index (χ0n) is 15.6. The van der Waals surface area contributed by atoms with Crippen LogP contribution in [0.15, 0.2) is 64.5 Å². The van der Waals surface area contributed by atoms with Gasteiger partial charge in [0.05, 0.1) is 17.4 Å². The average molecular weight is 396 g/mol. The molecule has 29 heavy (non-hydrogen) atoms. The number of aromatic nitrogens is 3. The van der Waals surface area contributed by atoms with Crippen LogP contribution in [0.1, 0.15) is 5.56 Å². The van der Waals surface area contributed by atoms with Crippen molar-refractivity contribution in [1.82, 2.24) is 14.1 Å². The summed E-state index contributed by atoms with van der Waals surface area (Å²) in [5, 5.41) is 2.60. The number of benzene rings is 1. The molecule has 0 bridgehead atoms. The van der Waals surface area contributed by atoms with Crippen LogP contribution < -0.4 is 21.3 Å². The number of hydrogen-bond acceptors (Lipinski definition) is 5. The second-order valence-electron chi connectivity index (χ2n) is 6.11. The Hall–Kier alpha value is -4.01. The molecule has 0 fully saturated rings. The first-order valence-corrected chi connectivity index (χ1v) is 8.48. The highest BCUT2D eigenvalue weighted by molar-refractivity contribution is 6.01. The summed E-state index contributed by atoms with van der Waals surface area (Å²) in [6, 6.07) is 8.62. The van der Waals surface area contributed by atoms with Crippen LogP contribution in [0.5, 0.6) is 11.6 Å². The lowest BCUT2D eigenvalue weighted by molar-refractivity contribution is -0.111. The van der Waals surface area contributed by atoms with Crippen LogP contribution in [0.4, 0.5) is 10.1 Å². The molecule has 0 aliphatic heterocycles. The first-order chi connectivity index (χ1) is 13.8. The van der Waals surface area contributed by atoms with Gasteiger partial charge in [-0.25, -0.2) is 14.2 Å². The number of carbonyl (C=O) groups excluding carboxylic acids is 1. The van der Waals surface area contributed by atoms with Crippen LogP contribution >= 0.6 is 0 Å². The molecule has 2 aromatic heterocycles. The largest absolute Gasteiger partial charge is 0.439 e. The number of rotatable bonds is 5. The van der Waals surface area contributed by atoms with E-state index in [0.29, 0.717) is 11.4 Å². The van der Waals surface area contributed by atoms with E-state index >= 15 is 0 Å². The average Bonchev–Trinajstić information content (AvgIpc) is 2.71. The third-order valence-electron chi connectivity index (χ3n) is 3.93. The summed E-state index contributed by atoms with van der Waals surface area (Å²) < 4.78 is 20.6. The van der Waals surface area contributed by atoms with Gasteiger partial charge in [0.15, 0.2) is 0 Å². The standard InChI is InChI=1S/C20H17FN4O4/c1-24-12-13(19(27)25(2)20(24)28)3-9-17(26)23-15-6-10-18(22-11-15)29-16-7-4-14(21)5-8-16/h3-12H,1-2H3,(H,23,26)/b9-3+. The Balaban J connectivity index is 1.65. The molecule has 1 aromatic carbocycles. The molecule has 1 N–H and O–H groups in total. The van der Waals surface area contributed by atoms with Crippen molar-refractivity contribution in [2.75, 3.05) is 5.32 Å². The maximum atomic E-state index is 12.9. The predicted molar refractivity (Wildman–Crippen MR) is 105 cm³/mol. The van der Waals surface area contributed by atoms with Crippen LogP contribution in [0.2, 0.25) is 0 Å². The van der Waals surface area contributed by atoms with Gasteiger partial charge in [-0.1, -0.05) is 0 Å². The molecule has 0 saturated heterocycles. The molecule has 8 nitrogen and oxygen atoms in total. The van der Waals surface area contributed by atoms with Crippen LogP contribution in [-0.4, -0.2) is 20.0 Å². The monoisotopic (exact) mass is 396 g/mol. The molecule has 0 saturated carbocycles. The highest BCUT2D eigenvalue weighted by Gasteiger charge is 2.06. The fourth-order valence-corrected chi connectivity index (χ4v) is 2.44. The van der Waals surface area contributed by atoms with Gasteiger partial charge in [0.25, 0.3) is 5.56 Å². The predicted octanol–water partition coefficient (Wildman–Crippen LogP) is 2.06. The number of hydrogen-bond donors (Lipinski definition) is 1. The van der Waals surface area contributed by atoms with E-state index in [1.165, 1.54) is 67.5 Å². The summed E-state index contributed by atoms with van der Waals surface area (Å²) in [6.07, 6.45) is 5.27. The lowest BCUT2D eigenvalue weighted by Crippen LogP contribution is -2.37. The highest BCUT2D eigenvalue weighted by Crippen LogP contribution is 2.20. The number of aryl methyl sites for hydroxylation is 1. The molecule has 0 radical (unpaired) electrons. The quantitative estimate of drug-likeness (QED) is 0.666. The maximum Gasteiger partial charge on any atom is 0.330 e. The number of amides is 1. The first-order valence-electron chi connectivity index (χ1n) is 8.48. The Kier molecular flexibility index (Phi) is 5.68. The lowest BCUT2D eigenvalue weighted by atomic mass is 10.3. The summed E-state index contributed by atoms with van der Waals surface area (Å²) in [5.41, 5.74) is -0.336. The first kappa shape index (κ1) is 19.7.